The largest absolute Gasteiger partial charge is 0.399 e. The number of benzene rings is 1. The molecule has 1 aromatic carbocycles. The van der Waals surface area contributed by atoms with Gasteiger partial charge in [-0.3, -0.25) is 4.79 Å². The van der Waals surface area contributed by atoms with Crippen LogP contribution in [0.15, 0.2) is 39.9 Å². The van der Waals surface area contributed by atoms with Gasteiger partial charge in [0.15, 0.2) is 5.82 Å². The third-order valence-electron chi connectivity index (χ3n) is 2.92. The molecule has 0 saturated heterocycles. The number of H-pyrrole nitrogens is 1. The van der Waals surface area contributed by atoms with Crippen molar-refractivity contribution < 1.29 is 0 Å². The number of aromatic amines is 1. The third kappa shape index (κ3) is 3.39. The van der Waals surface area contributed by atoms with E-state index >= 15 is 0 Å². The van der Waals surface area contributed by atoms with Crippen molar-refractivity contribution in [2.24, 2.45) is 0 Å². The number of halogens is 1. The summed E-state index contributed by atoms with van der Waals surface area (Å²) in [5.74, 6) is 0.660. The lowest BCUT2D eigenvalue weighted by atomic mass is 10.2. The highest BCUT2D eigenvalue weighted by Crippen LogP contribution is 2.21. The summed E-state index contributed by atoms with van der Waals surface area (Å²) in [6, 6.07) is 7.72. The van der Waals surface area contributed by atoms with Gasteiger partial charge in [-0.15, -0.1) is 0 Å². The molecule has 3 N–H and O–H groups in total. The second kappa shape index (κ2) is 6.56. The molecule has 0 bridgehead atoms. The first-order valence-corrected chi connectivity index (χ1v) is 7.23. The molecule has 0 amide bonds. The number of nitrogens with two attached hydrogens (primary N) is 1. The standard InChI is InChI=1S/C14H17BrN4O/c1-2-7-19(8-10-3-5-11(16)6-4-10)13-12(15)14(20)18-9-17-13/h3-6,9H,2,7-8,16H2,1H3,(H,17,18,20). The SMILES string of the molecule is CCCN(Cc1ccc(N)cc1)c1nc[nH]c(=O)c1Br. The molecule has 0 saturated carbocycles. The Labute approximate surface area is 126 Å². The summed E-state index contributed by atoms with van der Waals surface area (Å²) in [5.41, 5.74) is 7.39. The minimum atomic E-state index is -0.173. The molecule has 0 unspecified atom stereocenters. The van der Waals surface area contributed by atoms with E-state index in [4.69, 9.17) is 5.73 Å². The smallest absolute Gasteiger partial charge is 0.267 e. The zero-order valence-electron chi connectivity index (χ0n) is 11.3. The summed E-state index contributed by atoms with van der Waals surface area (Å²) in [6.07, 6.45) is 2.39. The maximum atomic E-state index is 11.7. The molecule has 0 radical (unpaired) electrons. The molecule has 0 aliphatic carbocycles. The number of hydrogen-bond acceptors (Lipinski definition) is 4. The zero-order valence-corrected chi connectivity index (χ0v) is 12.9. The minimum Gasteiger partial charge on any atom is -0.399 e. The molecule has 106 valence electrons. The molecule has 0 fully saturated rings. The van der Waals surface area contributed by atoms with Crippen LogP contribution in [-0.4, -0.2) is 16.5 Å². The molecule has 20 heavy (non-hydrogen) atoms. The van der Waals surface area contributed by atoms with Crippen LogP contribution in [0.2, 0.25) is 0 Å². The molecule has 2 rings (SSSR count). The maximum Gasteiger partial charge on any atom is 0.267 e. The highest BCUT2D eigenvalue weighted by molar-refractivity contribution is 9.10. The normalized spacial score (nSPS) is 10.5. The molecule has 5 nitrogen and oxygen atoms in total. The van der Waals surface area contributed by atoms with Crippen LogP contribution >= 0.6 is 15.9 Å². The first-order chi connectivity index (χ1) is 9.61. The van der Waals surface area contributed by atoms with Crippen LogP contribution in [0, 0.1) is 0 Å². The predicted octanol–water partition coefficient (Wildman–Crippen LogP) is 2.53. The minimum absolute atomic E-state index is 0.173. The lowest BCUT2D eigenvalue weighted by Gasteiger charge is -2.23. The fourth-order valence-electron chi connectivity index (χ4n) is 1.97. The van der Waals surface area contributed by atoms with E-state index in [9.17, 15) is 4.79 Å². The summed E-state index contributed by atoms with van der Waals surface area (Å²) in [5, 5.41) is 0. The first kappa shape index (κ1) is 14.6. The Morgan fingerprint density at radius 3 is 2.70 bits per heavy atom. The Kier molecular flexibility index (Phi) is 4.79. The van der Waals surface area contributed by atoms with Crippen molar-refractivity contribution in [2.75, 3.05) is 17.2 Å². The Morgan fingerprint density at radius 1 is 1.35 bits per heavy atom. The maximum absolute atomic E-state index is 11.7. The van der Waals surface area contributed by atoms with Crippen LogP contribution in [0.1, 0.15) is 18.9 Å². The van der Waals surface area contributed by atoms with E-state index in [1.807, 2.05) is 24.3 Å². The molecule has 1 heterocycles. The predicted molar refractivity (Wildman–Crippen MR) is 84.8 cm³/mol. The number of anilines is 2. The topological polar surface area (TPSA) is 75.0 Å². The Hall–Kier alpha value is -1.82. The Morgan fingerprint density at radius 2 is 2.05 bits per heavy atom. The van der Waals surface area contributed by atoms with Crippen LogP contribution < -0.4 is 16.2 Å². The number of aromatic nitrogens is 2. The van der Waals surface area contributed by atoms with Crippen molar-refractivity contribution in [2.45, 2.75) is 19.9 Å². The number of nitrogen functional groups attached to an aromatic ring is 1. The number of rotatable bonds is 5. The molecule has 2 aromatic rings. The Bertz CT molecular complexity index is 624. The van der Waals surface area contributed by atoms with E-state index in [0.29, 0.717) is 16.8 Å². The second-order valence-corrected chi connectivity index (χ2v) is 5.33. The highest BCUT2D eigenvalue weighted by Gasteiger charge is 2.13. The molecule has 0 atom stereocenters. The van der Waals surface area contributed by atoms with Crippen LogP contribution in [0.4, 0.5) is 11.5 Å². The van der Waals surface area contributed by atoms with Gasteiger partial charge in [0.25, 0.3) is 5.56 Å². The van der Waals surface area contributed by atoms with E-state index < -0.39 is 0 Å². The van der Waals surface area contributed by atoms with Gasteiger partial charge in [0.05, 0.1) is 6.33 Å². The monoisotopic (exact) mass is 336 g/mol. The summed E-state index contributed by atoms with van der Waals surface area (Å²) in [4.78, 5) is 20.6. The lowest BCUT2D eigenvalue weighted by Crippen LogP contribution is -2.27. The number of nitrogens with one attached hydrogen (secondary N) is 1. The van der Waals surface area contributed by atoms with Crippen molar-refractivity contribution in [1.29, 1.82) is 0 Å². The van der Waals surface area contributed by atoms with E-state index in [2.05, 4.69) is 37.7 Å². The summed E-state index contributed by atoms with van der Waals surface area (Å²) >= 11 is 3.31. The van der Waals surface area contributed by atoms with Gasteiger partial charge in [-0.2, -0.15) is 0 Å². The van der Waals surface area contributed by atoms with Gasteiger partial charge in [-0.05, 0) is 40.0 Å². The molecule has 1 aromatic heterocycles. The van der Waals surface area contributed by atoms with Gasteiger partial charge >= 0.3 is 0 Å². The Balaban J connectivity index is 2.29. The van der Waals surface area contributed by atoms with Crippen molar-refractivity contribution in [3.05, 3.63) is 51.0 Å². The lowest BCUT2D eigenvalue weighted by molar-refractivity contribution is 0.748. The molecular weight excluding hydrogens is 320 g/mol. The second-order valence-electron chi connectivity index (χ2n) is 4.53. The molecule has 0 spiro atoms. The van der Waals surface area contributed by atoms with Crippen LogP contribution in [0.25, 0.3) is 0 Å². The van der Waals surface area contributed by atoms with Gasteiger partial charge in [-0.1, -0.05) is 19.1 Å². The van der Waals surface area contributed by atoms with E-state index in [1.165, 1.54) is 6.33 Å². The van der Waals surface area contributed by atoms with Gasteiger partial charge in [0.1, 0.15) is 4.47 Å². The summed E-state index contributed by atoms with van der Waals surface area (Å²) in [7, 11) is 0. The molecular formula is C14H17BrN4O. The fraction of sp³-hybridized carbons (Fsp3) is 0.286. The average Bonchev–Trinajstić information content (AvgIpc) is 2.44. The van der Waals surface area contributed by atoms with Crippen molar-refractivity contribution in [3.8, 4) is 0 Å². The summed E-state index contributed by atoms with van der Waals surface area (Å²) < 4.78 is 0.462. The van der Waals surface area contributed by atoms with Crippen LogP contribution in [0.3, 0.4) is 0 Å². The molecule has 0 aliphatic heterocycles. The van der Waals surface area contributed by atoms with Crippen molar-refractivity contribution in [3.63, 3.8) is 0 Å². The molecule has 0 aliphatic rings. The zero-order chi connectivity index (χ0) is 14.5. The van der Waals surface area contributed by atoms with E-state index in [-0.39, 0.29) is 5.56 Å². The van der Waals surface area contributed by atoms with Gasteiger partial charge in [-0.25, -0.2) is 4.98 Å². The van der Waals surface area contributed by atoms with Gasteiger partial charge in [0, 0.05) is 18.8 Å². The van der Waals surface area contributed by atoms with Crippen molar-refractivity contribution in [1.82, 2.24) is 9.97 Å². The van der Waals surface area contributed by atoms with Crippen molar-refractivity contribution >= 4 is 27.4 Å². The fourth-order valence-corrected chi connectivity index (χ4v) is 2.43. The quantitative estimate of drug-likeness (QED) is 0.822. The van der Waals surface area contributed by atoms with E-state index in [0.717, 1.165) is 24.2 Å². The third-order valence-corrected chi connectivity index (χ3v) is 3.64. The van der Waals surface area contributed by atoms with E-state index in [1.54, 1.807) is 0 Å². The number of hydrogen-bond donors (Lipinski definition) is 2. The van der Waals surface area contributed by atoms with Gasteiger partial charge in [0.2, 0.25) is 0 Å². The van der Waals surface area contributed by atoms with Crippen LogP contribution in [-0.2, 0) is 6.54 Å². The highest BCUT2D eigenvalue weighted by atomic mass is 79.9. The van der Waals surface area contributed by atoms with Gasteiger partial charge < -0.3 is 15.6 Å². The average molecular weight is 337 g/mol. The number of nitrogens with zero attached hydrogens (tertiary/aromatic N) is 2. The molecule has 6 heteroatoms. The van der Waals surface area contributed by atoms with Crippen LogP contribution in [0.5, 0.6) is 0 Å². The first-order valence-electron chi connectivity index (χ1n) is 6.44. The summed E-state index contributed by atoms with van der Waals surface area (Å²) in [6.45, 7) is 3.60.